The van der Waals surface area contributed by atoms with E-state index >= 15 is 0 Å². The summed E-state index contributed by atoms with van der Waals surface area (Å²) in [6.45, 7) is 0. The topological polar surface area (TPSA) is 170 Å². The number of ketones is 2. The summed E-state index contributed by atoms with van der Waals surface area (Å²) in [6, 6.07) is 10.4. The van der Waals surface area contributed by atoms with E-state index < -0.39 is 58.0 Å². The highest BCUT2D eigenvalue weighted by Crippen LogP contribution is 2.53. The number of rotatable bonds is 5. The Morgan fingerprint density at radius 3 is 2.44 bits per heavy atom. The normalized spacial score (nSPS) is 25.4. The fourth-order valence-corrected chi connectivity index (χ4v) is 6.91. The van der Waals surface area contributed by atoms with E-state index in [0.29, 0.717) is 11.1 Å². The summed E-state index contributed by atoms with van der Waals surface area (Å²) in [7, 11) is 6.92. The smallest absolute Gasteiger partial charge is 0.255 e. The highest BCUT2D eigenvalue weighted by atomic mass is 16.4. The maximum absolute atomic E-state index is 14.3. The van der Waals surface area contributed by atoms with Crippen LogP contribution in [0, 0.1) is 11.8 Å². The molecular formula is C32H32N4O7. The van der Waals surface area contributed by atoms with Crippen LogP contribution in [0.15, 0.2) is 63.5 Å². The molecule has 3 aliphatic rings. The molecule has 3 aliphatic carbocycles. The minimum atomic E-state index is -2.65. The molecule has 43 heavy (non-hydrogen) atoms. The number of Topliss-reactive ketones (excluding diaryl/α,β-unsaturated/α-hetero) is 2. The van der Waals surface area contributed by atoms with Crippen LogP contribution in [0.3, 0.4) is 0 Å². The maximum atomic E-state index is 14.3. The molecule has 11 nitrogen and oxygen atoms in total. The summed E-state index contributed by atoms with van der Waals surface area (Å²) in [5.74, 6) is -5.86. The molecule has 0 spiro atoms. The van der Waals surface area contributed by atoms with E-state index in [-0.39, 0.29) is 35.5 Å². The zero-order valence-electron chi connectivity index (χ0n) is 24.2. The predicted octanol–water partition coefficient (Wildman–Crippen LogP) is 2.79. The van der Waals surface area contributed by atoms with E-state index in [4.69, 9.17) is 10.2 Å². The summed E-state index contributed by atoms with van der Waals surface area (Å²) in [5.41, 5.74) is 5.06. The molecule has 0 saturated carbocycles. The molecule has 0 radical (unpaired) electrons. The predicted molar refractivity (Wildman–Crippen MR) is 159 cm³/mol. The molecule has 0 unspecified atom stereocenters. The van der Waals surface area contributed by atoms with Gasteiger partial charge >= 0.3 is 0 Å². The van der Waals surface area contributed by atoms with Crippen molar-refractivity contribution in [3.8, 4) is 0 Å². The summed E-state index contributed by atoms with van der Waals surface area (Å²) >= 11 is 0. The largest absolute Gasteiger partial charge is 0.510 e. The lowest BCUT2D eigenvalue weighted by Crippen LogP contribution is -2.63. The van der Waals surface area contributed by atoms with Gasteiger partial charge in [-0.05, 0) is 56.1 Å². The van der Waals surface area contributed by atoms with E-state index in [2.05, 4.69) is 4.98 Å². The number of benzene rings is 2. The summed E-state index contributed by atoms with van der Waals surface area (Å²) < 4.78 is 6.09. The molecule has 6 rings (SSSR count). The molecular weight excluding hydrogens is 552 g/mol. The third-order valence-electron chi connectivity index (χ3n) is 8.80. The first-order chi connectivity index (χ1) is 20.4. The first-order valence-corrected chi connectivity index (χ1v) is 13.9. The third kappa shape index (κ3) is 4.10. The molecule has 2 aromatic carbocycles. The van der Waals surface area contributed by atoms with Crippen molar-refractivity contribution < 1.29 is 34.1 Å². The van der Waals surface area contributed by atoms with Gasteiger partial charge < -0.3 is 30.4 Å². The number of oxazole rings is 1. The Bertz CT molecular complexity index is 1800. The number of carbonyl (C=O) groups excluding carboxylic acids is 3. The standard InChI is InChI=1S/C32H32N4O7/c1-35(2)20-14-19-28(43-21(34-19)11-10-15-8-6-5-7-9-15)23-17(20)12-16-13-18-25(36(3)4)27(38)24(31(33)41)30(40)32(18,42)29(39)22(16)26(23)37/h5-11,14,16,18,25,38-39,42H,12-13H2,1-4H3,(H2,33,41)/t16-,18-,25-,32-/m0/s1. The number of nitrogens with two attached hydrogens (primary N) is 1. The summed E-state index contributed by atoms with van der Waals surface area (Å²) in [4.78, 5) is 48.1. The maximum Gasteiger partial charge on any atom is 0.255 e. The first kappa shape index (κ1) is 28.4. The number of hydrogen-bond donors (Lipinski definition) is 4. The van der Waals surface area contributed by atoms with Gasteiger partial charge in [-0.2, -0.15) is 0 Å². The second-order valence-electron chi connectivity index (χ2n) is 11.8. The molecule has 1 heterocycles. The minimum absolute atomic E-state index is 0.0676. The molecule has 1 aromatic heterocycles. The third-order valence-corrected chi connectivity index (χ3v) is 8.80. The fraction of sp³-hybridized carbons (Fsp3) is 0.312. The van der Waals surface area contributed by atoms with Crippen molar-refractivity contribution in [3.05, 3.63) is 81.6 Å². The van der Waals surface area contributed by atoms with Gasteiger partial charge in [-0.3, -0.25) is 19.3 Å². The molecule has 5 N–H and O–H groups in total. The van der Waals surface area contributed by atoms with E-state index in [9.17, 15) is 29.7 Å². The number of allylic oxidation sites excluding steroid dienone is 1. The van der Waals surface area contributed by atoms with Crippen molar-refractivity contribution in [1.82, 2.24) is 9.88 Å². The number of fused-ring (bicyclic) bond motifs is 5. The van der Waals surface area contributed by atoms with Gasteiger partial charge in [0.1, 0.15) is 22.6 Å². The average molecular weight is 585 g/mol. The van der Waals surface area contributed by atoms with Gasteiger partial charge in [0.2, 0.25) is 11.7 Å². The number of carbonyl (C=O) groups is 3. The van der Waals surface area contributed by atoms with Crippen LogP contribution in [0.5, 0.6) is 0 Å². The van der Waals surface area contributed by atoms with Crippen molar-refractivity contribution in [1.29, 1.82) is 0 Å². The van der Waals surface area contributed by atoms with Crippen LogP contribution in [0.2, 0.25) is 0 Å². The number of nitrogens with zero attached hydrogens (tertiary/aromatic N) is 3. The van der Waals surface area contributed by atoms with Crippen LogP contribution in [0.25, 0.3) is 23.3 Å². The molecule has 222 valence electrons. The SMILES string of the molecule is CN(C)c1cc2nc(C=Cc3ccccc3)oc2c2c1C[C@H]1C[C@H]3[C@H](N(C)C)C(O)=C(C(N)=O)C(=O)[C@@]3(O)C(O)=C1C2=O. The van der Waals surface area contributed by atoms with Gasteiger partial charge in [0.05, 0.1) is 11.6 Å². The van der Waals surface area contributed by atoms with Crippen molar-refractivity contribution >= 4 is 46.4 Å². The van der Waals surface area contributed by atoms with Gasteiger partial charge in [0.25, 0.3) is 5.91 Å². The van der Waals surface area contributed by atoms with Crippen LogP contribution >= 0.6 is 0 Å². The van der Waals surface area contributed by atoms with Gasteiger partial charge in [-0.15, -0.1) is 0 Å². The molecule has 4 atom stereocenters. The number of hydrogen-bond acceptors (Lipinski definition) is 10. The molecule has 0 saturated heterocycles. The number of anilines is 1. The molecule has 11 heteroatoms. The average Bonchev–Trinajstić information content (AvgIpc) is 3.36. The van der Waals surface area contributed by atoms with Gasteiger partial charge in [-0.25, -0.2) is 4.98 Å². The quantitative estimate of drug-likeness (QED) is 0.327. The zero-order valence-corrected chi connectivity index (χ0v) is 24.2. The first-order valence-electron chi connectivity index (χ1n) is 13.9. The number of amides is 1. The van der Waals surface area contributed by atoms with Crippen molar-refractivity contribution in [2.24, 2.45) is 17.6 Å². The second kappa shape index (κ2) is 9.92. The Morgan fingerprint density at radius 1 is 1.12 bits per heavy atom. The van der Waals surface area contributed by atoms with E-state index in [1.54, 1.807) is 25.1 Å². The van der Waals surface area contributed by atoms with Crippen LogP contribution in [0.1, 0.15) is 33.8 Å². The minimum Gasteiger partial charge on any atom is -0.510 e. The summed E-state index contributed by atoms with van der Waals surface area (Å²) in [6.07, 6.45) is 3.89. The number of aliphatic hydroxyl groups is 3. The van der Waals surface area contributed by atoms with Crippen LogP contribution in [-0.4, -0.2) is 82.5 Å². The van der Waals surface area contributed by atoms with Crippen molar-refractivity contribution in [3.63, 3.8) is 0 Å². The zero-order chi connectivity index (χ0) is 31.0. The lowest BCUT2D eigenvalue weighted by molar-refractivity contribution is -0.148. The fourth-order valence-electron chi connectivity index (χ4n) is 6.91. The Labute approximate surface area is 247 Å². The van der Waals surface area contributed by atoms with Crippen LogP contribution in [0.4, 0.5) is 5.69 Å². The molecule has 0 bridgehead atoms. The molecule has 0 aliphatic heterocycles. The number of primary amides is 1. The molecule has 0 fully saturated rings. The Morgan fingerprint density at radius 2 is 1.81 bits per heavy atom. The summed E-state index contributed by atoms with van der Waals surface area (Å²) in [5, 5.41) is 34.5. The van der Waals surface area contributed by atoms with Crippen LogP contribution < -0.4 is 10.6 Å². The van der Waals surface area contributed by atoms with Crippen molar-refractivity contribution in [2.45, 2.75) is 24.5 Å². The monoisotopic (exact) mass is 584 g/mol. The molecule has 1 amide bonds. The number of aromatic nitrogens is 1. The Kier molecular flexibility index (Phi) is 6.55. The second-order valence-corrected chi connectivity index (χ2v) is 11.8. The molecule has 3 aromatic rings. The van der Waals surface area contributed by atoms with Crippen LogP contribution in [-0.2, 0) is 16.0 Å². The van der Waals surface area contributed by atoms with E-state index in [1.165, 1.54) is 0 Å². The Hall–Kier alpha value is -4.74. The van der Waals surface area contributed by atoms with E-state index in [0.717, 1.165) is 11.3 Å². The number of likely N-dealkylation sites (N-methyl/N-ethyl adjacent to an activating group) is 1. The van der Waals surface area contributed by atoms with Crippen molar-refractivity contribution in [2.75, 3.05) is 33.1 Å². The van der Waals surface area contributed by atoms with E-state index in [1.807, 2.05) is 61.5 Å². The van der Waals surface area contributed by atoms with Gasteiger partial charge in [0, 0.05) is 37.3 Å². The number of aliphatic hydroxyl groups excluding tert-OH is 2. The lowest BCUT2D eigenvalue weighted by atomic mass is 9.58. The van der Waals surface area contributed by atoms with Gasteiger partial charge in [-0.1, -0.05) is 30.3 Å². The highest BCUT2D eigenvalue weighted by molar-refractivity contribution is 6.25. The Balaban J connectivity index is 1.54. The lowest BCUT2D eigenvalue weighted by Gasteiger charge is -2.50. The van der Waals surface area contributed by atoms with Gasteiger partial charge in [0.15, 0.2) is 17.0 Å². The highest BCUT2D eigenvalue weighted by Gasteiger charge is 2.63.